The fraction of sp³-hybridized carbons (Fsp3) is 0.353. The van der Waals surface area contributed by atoms with E-state index < -0.39 is 9.84 Å². The molecule has 0 radical (unpaired) electrons. The Bertz CT molecular complexity index is 864. The topological polar surface area (TPSA) is 54.5 Å². The molecule has 1 unspecified atom stereocenters. The second kappa shape index (κ2) is 8.52. The monoisotopic (exact) mass is 449 g/mol. The van der Waals surface area contributed by atoms with Gasteiger partial charge in [-0.05, 0) is 30.0 Å². The molecule has 0 aliphatic carbocycles. The van der Waals surface area contributed by atoms with E-state index in [9.17, 15) is 13.2 Å². The first-order valence-electron chi connectivity index (χ1n) is 7.95. The van der Waals surface area contributed by atoms with E-state index in [2.05, 4.69) is 0 Å². The number of thiophene rings is 1. The summed E-state index contributed by atoms with van der Waals surface area (Å²) in [5.74, 6) is 0.212. The highest BCUT2D eigenvalue weighted by Gasteiger charge is 2.34. The highest BCUT2D eigenvalue weighted by molar-refractivity contribution is 8.00. The SMILES string of the molecule is O=C(CSc1c(Cl)cccc1Cl)N(Cc1cccs1)C1CCS(=O)(=O)C1. The second-order valence-electron chi connectivity index (χ2n) is 6.00. The number of hydrogen-bond donors (Lipinski definition) is 0. The molecular formula is C17H17Cl2NO3S3. The van der Waals surface area contributed by atoms with Crippen molar-refractivity contribution >= 4 is 62.0 Å². The van der Waals surface area contributed by atoms with Gasteiger partial charge in [0.05, 0.1) is 33.8 Å². The van der Waals surface area contributed by atoms with Crippen molar-refractivity contribution in [3.63, 3.8) is 0 Å². The van der Waals surface area contributed by atoms with Gasteiger partial charge in [0.1, 0.15) is 0 Å². The third-order valence-corrected chi connectivity index (χ3v) is 8.72. The molecule has 140 valence electrons. The maximum absolute atomic E-state index is 12.9. The number of sulfone groups is 1. The molecule has 4 nitrogen and oxygen atoms in total. The summed E-state index contributed by atoms with van der Waals surface area (Å²) in [4.78, 5) is 16.3. The van der Waals surface area contributed by atoms with Gasteiger partial charge in [-0.1, -0.05) is 35.3 Å². The van der Waals surface area contributed by atoms with E-state index in [1.807, 2.05) is 17.5 Å². The summed E-state index contributed by atoms with van der Waals surface area (Å²) in [5.41, 5.74) is 0. The Morgan fingerprint density at radius 3 is 2.54 bits per heavy atom. The minimum atomic E-state index is -3.07. The minimum Gasteiger partial charge on any atom is -0.333 e. The number of carbonyl (C=O) groups is 1. The van der Waals surface area contributed by atoms with Crippen LogP contribution in [0, 0.1) is 0 Å². The van der Waals surface area contributed by atoms with Crippen molar-refractivity contribution in [1.29, 1.82) is 0 Å². The molecule has 9 heteroatoms. The summed E-state index contributed by atoms with van der Waals surface area (Å²) in [6, 6.07) is 8.80. The van der Waals surface area contributed by atoms with E-state index in [1.165, 1.54) is 11.8 Å². The number of thioether (sulfide) groups is 1. The summed E-state index contributed by atoms with van der Waals surface area (Å²) in [5, 5.41) is 2.95. The molecule has 1 aliphatic rings. The van der Waals surface area contributed by atoms with E-state index in [0.29, 0.717) is 27.9 Å². The van der Waals surface area contributed by atoms with E-state index >= 15 is 0 Å². The quantitative estimate of drug-likeness (QED) is 0.614. The van der Waals surface area contributed by atoms with Crippen molar-refractivity contribution in [2.75, 3.05) is 17.3 Å². The van der Waals surface area contributed by atoms with Crippen molar-refractivity contribution in [3.05, 3.63) is 50.6 Å². The van der Waals surface area contributed by atoms with Crippen LogP contribution in [0.4, 0.5) is 0 Å². The first-order chi connectivity index (χ1) is 12.4. The Kier molecular flexibility index (Phi) is 6.56. The molecule has 2 aromatic rings. The molecule has 3 rings (SSSR count). The number of nitrogens with zero attached hydrogens (tertiary/aromatic N) is 1. The zero-order valence-electron chi connectivity index (χ0n) is 13.7. The number of benzene rings is 1. The number of amides is 1. The van der Waals surface area contributed by atoms with Crippen LogP contribution in [-0.4, -0.2) is 42.5 Å². The zero-order chi connectivity index (χ0) is 18.7. The smallest absolute Gasteiger partial charge is 0.233 e. The molecule has 1 atom stereocenters. The summed E-state index contributed by atoms with van der Waals surface area (Å²) in [6.45, 7) is 0.424. The fourth-order valence-corrected chi connectivity index (χ4v) is 6.85. The van der Waals surface area contributed by atoms with Crippen LogP contribution in [0.2, 0.25) is 10.0 Å². The van der Waals surface area contributed by atoms with Gasteiger partial charge >= 0.3 is 0 Å². The van der Waals surface area contributed by atoms with Crippen LogP contribution in [0.1, 0.15) is 11.3 Å². The van der Waals surface area contributed by atoms with Crippen LogP contribution in [0.25, 0.3) is 0 Å². The zero-order valence-corrected chi connectivity index (χ0v) is 17.7. The molecule has 0 N–H and O–H groups in total. The van der Waals surface area contributed by atoms with Gasteiger partial charge in [0.25, 0.3) is 0 Å². The molecule has 1 saturated heterocycles. The average molecular weight is 450 g/mol. The maximum Gasteiger partial charge on any atom is 0.233 e. The first kappa shape index (κ1) is 20.0. The van der Waals surface area contributed by atoms with Gasteiger partial charge in [0, 0.05) is 15.8 Å². The second-order valence-corrected chi connectivity index (χ2v) is 11.1. The lowest BCUT2D eigenvalue weighted by Crippen LogP contribution is -2.41. The summed E-state index contributed by atoms with van der Waals surface area (Å²) >= 11 is 15.2. The van der Waals surface area contributed by atoms with Gasteiger partial charge < -0.3 is 4.90 Å². The highest BCUT2D eigenvalue weighted by Crippen LogP contribution is 2.34. The highest BCUT2D eigenvalue weighted by atomic mass is 35.5. The Balaban J connectivity index is 1.74. The predicted molar refractivity (Wildman–Crippen MR) is 109 cm³/mol. The number of rotatable bonds is 6. The first-order valence-corrected chi connectivity index (χ1v) is 12.4. The maximum atomic E-state index is 12.9. The Labute approximate surface area is 171 Å². The Hall–Kier alpha value is -0.730. The Morgan fingerprint density at radius 1 is 1.23 bits per heavy atom. The number of halogens is 2. The van der Waals surface area contributed by atoms with Gasteiger partial charge in [-0.3, -0.25) is 4.79 Å². The third kappa shape index (κ3) is 4.95. The molecule has 1 aromatic carbocycles. The molecule has 0 bridgehead atoms. The van der Waals surface area contributed by atoms with E-state index in [-0.39, 0.29) is 29.2 Å². The molecular weight excluding hydrogens is 433 g/mol. The summed E-state index contributed by atoms with van der Waals surface area (Å²) in [6.07, 6.45) is 0.483. The van der Waals surface area contributed by atoms with Crippen molar-refractivity contribution in [2.24, 2.45) is 0 Å². The largest absolute Gasteiger partial charge is 0.333 e. The molecule has 1 fully saturated rings. The molecule has 1 aromatic heterocycles. The van der Waals surface area contributed by atoms with Gasteiger partial charge in [0.2, 0.25) is 5.91 Å². The molecule has 0 saturated carbocycles. The standard InChI is InChI=1S/C17H17Cl2NO3S3/c18-14-4-1-5-15(19)17(14)25-10-16(21)20(9-13-3-2-7-24-13)12-6-8-26(22,23)11-12/h1-5,7,12H,6,8-11H2. The van der Waals surface area contributed by atoms with Crippen LogP contribution < -0.4 is 0 Å². The molecule has 0 spiro atoms. The predicted octanol–water partition coefficient (Wildman–Crippen LogP) is 4.36. The minimum absolute atomic E-state index is 0.0294. The summed E-state index contributed by atoms with van der Waals surface area (Å²) in [7, 11) is -3.07. The van der Waals surface area contributed by atoms with Crippen molar-refractivity contribution in [3.8, 4) is 0 Å². The van der Waals surface area contributed by atoms with E-state index in [0.717, 1.165) is 4.88 Å². The number of carbonyl (C=O) groups excluding carboxylic acids is 1. The van der Waals surface area contributed by atoms with Crippen LogP contribution in [0.3, 0.4) is 0 Å². The lowest BCUT2D eigenvalue weighted by atomic mass is 10.2. The van der Waals surface area contributed by atoms with Crippen LogP contribution in [0.15, 0.2) is 40.6 Å². The Morgan fingerprint density at radius 2 is 1.96 bits per heavy atom. The van der Waals surface area contributed by atoms with E-state index in [1.54, 1.807) is 34.4 Å². The summed E-state index contributed by atoms with van der Waals surface area (Å²) < 4.78 is 23.7. The average Bonchev–Trinajstić information content (AvgIpc) is 3.21. The van der Waals surface area contributed by atoms with Gasteiger partial charge in [-0.15, -0.1) is 23.1 Å². The molecule has 1 aliphatic heterocycles. The van der Waals surface area contributed by atoms with Crippen LogP contribution in [0.5, 0.6) is 0 Å². The van der Waals surface area contributed by atoms with Crippen molar-refractivity contribution in [1.82, 2.24) is 4.90 Å². The normalized spacial score (nSPS) is 18.8. The van der Waals surface area contributed by atoms with Crippen molar-refractivity contribution < 1.29 is 13.2 Å². The molecule has 2 heterocycles. The van der Waals surface area contributed by atoms with Crippen LogP contribution in [-0.2, 0) is 21.2 Å². The van der Waals surface area contributed by atoms with Crippen molar-refractivity contribution in [2.45, 2.75) is 23.9 Å². The van der Waals surface area contributed by atoms with Crippen LogP contribution >= 0.6 is 46.3 Å². The fourth-order valence-electron chi connectivity index (χ4n) is 2.85. The van der Waals surface area contributed by atoms with Gasteiger partial charge in [-0.25, -0.2) is 8.42 Å². The lowest BCUT2D eigenvalue weighted by molar-refractivity contribution is -0.130. The lowest BCUT2D eigenvalue weighted by Gasteiger charge is -2.28. The van der Waals surface area contributed by atoms with E-state index in [4.69, 9.17) is 23.2 Å². The molecule has 26 heavy (non-hydrogen) atoms. The third-order valence-electron chi connectivity index (χ3n) is 4.13. The number of hydrogen-bond acceptors (Lipinski definition) is 5. The van der Waals surface area contributed by atoms with Gasteiger partial charge in [0.15, 0.2) is 9.84 Å². The van der Waals surface area contributed by atoms with Gasteiger partial charge in [-0.2, -0.15) is 0 Å². The molecule has 1 amide bonds.